The molecule has 1 saturated heterocycles. The highest BCUT2D eigenvalue weighted by molar-refractivity contribution is 7.90. The van der Waals surface area contributed by atoms with Crippen molar-refractivity contribution in [2.24, 2.45) is 0 Å². The molecule has 0 aliphatic carbocycles. The van der Waals surface area contributed by atoms with Crippen molar-refractivity contribution in [1.82, 2.24) is 13.9 Å². The lowest BCUT2D eigenvalue weighted by molar-refractivity contribution is 0.296. The Balaban J connectivity index is 0.00000288. The topological polar surface area (TPSA) is 86.8 Å². The van der Waals surface area contributed by atoms with E-state index in [9.17, 15) is 16.8 Å². The van der Waals surface area contributed by atoms with E-state index >= 15 is 0 Å². The van der Waals surface area contributed by atoms with Gasteiger partial charge >= 0.3 is 0 Å². The minimum Gasteiger partial charge on any atom is -0.317 e. The predicted molar refractivity (Wildman–Crippen MR) is 95.4 cm³/mol. The highest BCUT2D eigenvalue weighted by Crippen LogP contribution is 2.23. The average Bonchev–Trinajstić information content (AvgIpc) is 2.54. The Morgan fingerprint density at radius 1 is 0.958 bits per heavy atom. The Kier molecular flexibility index (Phi) is 7.21. The van der Waals surface area contributed by atoms with Gasteiger partial charge in [0, 0.05) is 27.2 Å². The Labute approximate surface area is 150 Å². The van der Waals surface area contributed by atoms with Crippen LogP contribution in [0.4, 0.5) is 0 Å². The first-order chi connectivity index (χ1) is 10.7. The zero-order chi connectivity index (χ0) is 17.3. The summed E-state index contributed by atoms with van der Waals surface area (Å²) in [4.78, 5) is -0.0243. The molecule has 1 fully saturated rings. The Morgan fingerprint density at radius 2 is 1.46 bits per heavy atom. The van der Waals surface area contributed by atoms with Crippen LogP contribution in [-0.4, -0.2) is 65.7 Å². The quantitative estimate of drug-likeness (QED) is 0.791. The van der Waals surface area contributed by atoms with Gasteiger partial charge in [0.25, 0.3) is 0 Å². The number of nitrogens with zero attached hydrogens (tertiary/aromatic N) is 2. The number of benzene rings is 1. The Morgan fingerprint density at radius 3 is 1.96 bits per heavy atom. The van der Waals surface area contributed by atoms with E-state index in [-0.39, 0.29) is 28.2 Å². The maximum absolute atomic E-state index is 12.8. The molecule has 24 heavy (non-hydrogen) atoms. The summed E-state index contributed by atoms with van der Waals surface area (Å²) in [5.74, 6) is 0. The molecule has 1 aromatic carbocycles. The van der Waals surface area contributed by atoms with Gasteiger partial charge in [-0.15, -0.1) is 12.4 Å². The second kappa shape index (κ2) is 8.11. The molecule has 0 aromatic heterocycles. The van der Waals surface area contributed by atoms with Crippen LogP contribution < -0.4 is 5.32 Å². The maximum atomic E-state index is 12.8. The summed E-state index contributed by atoms with van der Waals surface area (Å²) in [6.07, 6.45) is 1.48. The van der Waals surface area contributed by atoms with Gasteiger partial charge in [-0.1, -0.05) is 6.07 Å². The van der Waals surface area contributed by atoms with Crippen LogP contribution in [0.3, 0.4) is 0 Å². The highest BCUT2D eigenvalue weighted by atomic mass is 35.5. The van der Waals surface area contributed by atoms with E-state index in [1.165, 1.54) is 42.7 Å². The second-order valence-electron chi connectivity index (χ2n) is 5.76. The predicted octanol–water partition coefficient (Wildman–Crippen LogP) is 0.731. The number of piperidine rings is 1. The summed E-state index contributed by atoms with van der Waals surface area (Å²) in [5.41, 5.74) is 0. The van der Waals surface area contributed by atoms with Crippen molar-refractivity contribution < 1.29 is 16.8 Å². The third kappa shape index (κ3) is 4.27. The molecule has 0 atom stereocenters. The molecule has 1 aromatic rings. The van der Waals surface area contributed by atoms with Gasteiger partial charge in [-0.2, -0.15) is 4.31 Å². The van der Waals surface area contributed by atoms with Gasteiger partial charge < -0.3 is 5.32 Å². The summed E-state index contributed by atoms with van der Waals surface area (Å²) < 4.78 is 52.4. The lowest BCUT2D eigenvalue weighted by Crippen LogP contribution is -2.43. The molecule has 7 nitrogen and oxygen atoms in total. The summed E-state index contributed by atoms with van der Waals surface area (Å²) in [6, 6.07) is 5.44. The molecule has 0 radical (unpaired) electrons. The van der Waals surface area contributed by atoms with E-state index in [1.807, 2.05) is 0 Å². The van der Waals surface area contributed by atoms with E-state index in [4.69, 9.17) is 0 Å². The van der Waals surface area contributed by atoms with Gasteiger partial charge in [0.2, 0.25) is 20.0 Å². The van der Waals surface area contributed by atoms with Crippen LogP contribution in [0.2, 0.25) is 0 Å². The summed E-state index contributed by atoms with van der Waals surface area (Å²) in [7, 11) is -3.01. The minimum absolute atomic E-state index is 0. The van der Waals surface area contributed by atoms with Crippen LogP contribution in [0, 0.1) is 0 Å². The van der Waals surface area contributed by atoms with Crippen molar-refractivity contribution in [3.63, 3.8) is 0 Å². The van der Waals surface area contributed by atoms with Gasteiger partial charge in [-0.05, 0) is 44.1 Å². The lowest BCUT2D eigenvalue weighted by atomic mass is 10.1. The molecule has 2 rings (SSSR count). The number of sulfonamides is 2. The molecule has 1 N–H and O–H groups in total. The maximum Gasteiger partial charge on any atom is 0.243 e. The van der Waals surface area contributed by atoms with Gasteiger partial charge in [0.15, 0.2) is 0 Å². The van der Waals surface area contributed by atoms with Gasteiger partial charge in [0.05, 0.1) is 9.79 Å². The smallest absolute Gasteiger partial charge is 0.243 e. The fourth-order valence-corrected chi connectivity index (χ4v) is 5.02. The van der Waals surface area contributed by atoms with E-state index in [2.05, 4.69) is 5.32 Å². The molecule has 0 bridgehead atoms. The van der Waals surface area contributed by atoms with Gasteiger partial charge in [0.1, 0.15) is 0 Å². The van der Waals surface area contributed by atoms with Crippen LogP contribution >= 0.6 is 12.4 Å². The number of nitrogens with one attached hydrogen (secondary N) is 1. The summed E-state index contributed by atoms with van der Waals surface area (Å²) >= 11 is 0. The van der Waals surface area contributed by atoms with Crippen molar-refractivity contribution in [2.75, 3.05) is 34.2 Å². The second-order valence-corrected chi connectivity index (χ2v) is 9.91. The molecule has 0 unspecified atom stereocenters. The van der Waals surface area contributed by atoms with Crippen molar-refractivity contribution in [1.29, 1.82) is 0 Å². The van der Waals surface area contributed by atoms with Crippen molar-refractivity contribution in [2.45, 2.75) is 28.7 Å². The molecule has 0 spiro atoms. The van der Waals surface area contributed by atoms with Crippen LogP contribution in [-0.2, 0) is 20.0 Å². The van der Waals surface area contributed by atoms with Crippen LogP contribution in [0.1, 0.15) is 12.8 Å². The van der Waals surface area contributed by atoms with E-state index in [1.54, 1.807) is 7.05 Å². The lowest BCUT2D eigenvalue weighted by Gasteiger charge is -2.30. The molecule has 138 valence electrons. The molecular weight excluding hydrogens is 374 g/mol. The first kappa shape index (κ1) is 21.3. The Bertz CT molecular complexity index is 760. The van der Waals surface area contributed by atoms with Gasteiger partial charge in [-0.25, -0.2) is 21.1 Å². The summed E-state index contributed by atoms with van der Waals surface area (Å²) in [5, 5.41) is 3.20. The number of halogens is 1. The highest BCUT2D eigenvalue weighted by Gasteiger charge is 2.30. The van der Waals surface area contributed by atoms with Crippen LogP contribution in [0.5, 0.6) is 0 Å². The number of hydrogen-bond acceptors (Lipinski definition) is 5. The molecular formula is C14H24ClN3O4S2. The van der Waals surface area contributed by atoms with Crippen molar-refractivity contribution >= 4 is 32.5 Å². The monoisotopic (exact) mass is 397 g/mol. The standard InChI is InChI=1S/C14H23N3O4S2.ClH/c1-16(2)22(18,19)13-5-4-6-14(11-13)23(20,21)17(3)12-7-9-15-10-8-12;/h4-6,11-12,15H,7-10H2,1-3H3;1H. The van der Waals surface area contributed by atoms with Crippen molar-refractivity contribution in [3.05, 3.63) is 24.3 Å². The fraction of sp³-hybridized carbons (Fsp3) is 0.571. The van der Waals surface area contributed by atoms with Crippen LogP contribution in [0.25, 0.3) is 0 Å². The van der Waals surface area contributed by atoms with E-state index < -0.39 is 20.0 Å². The van der Waals surface area contributed by atoms with Gasteiger partial charge in [-0.3, -0.25) is 0 Å². The Hall–Kier alpha value is -0.710. The molecule has 1 heterocycles. The summed E-state index contributed by atoms with van der Waals surface area (Å²) in [6.45, 7) is 1.55. The van der Waals surface area contributed by atoms with E-state index in [0.29, 0.717) is 0 Å². The SMILES string of the molecule is CN(C)S(=O)(=O)c1cccc(S(=O)(=O)N(C)C2CCNCC2)c1.Cl. The molecule has 1 aliphatic heterocycles. The zero-order valence-corrected chi connectivity index (χ0v) is 16.4. The molecule has 0 saturated carbocycles. The first-order valence-electron chi connectivity index (χ1n) is 7.38. The molecule has 1 aliphatic rings. The van der Waals surface area contributed by atoms with E-state index in [0.717, 1.165) is 30.2 Å². The molecule has 0 amide bonds. The van der Waals surface area contributed by atoms with Crippen molar-refractivity contribution in [3.8, 4) is 0 Å². The molecule has 10 heteroatoms. The van der Waals surface area contributed by atoms with Crippen LogP contribution in [0.15, 0.2) is 34.1 Å². The normalized spacial score (nSPS) is 17.0. The fourth-order valence-electron chi connectivity index (χ4n) is 2.54. The average molecular weight is 398 g/mol. The zero-order valence-electron chi connectivity index (χ0n) is 14.0. The number of hydrogen-bond donors (Lipinski definition) is 1. The minimum atomic E-state index is -3.72. The third-order valence-corrected chi connectivity index (χ3v) is 7.80. The first-order valence-corrected chi connectivity index (χ1v) is 10.3. The largest absolute Gasteiger partial charge is 0.317 e. The number of rotatable bonds is 5. The third-order valence-electron chi connectivity index (χ3n) is 4.08.